The summed E-state index contributed by atoms with van der Waals surface area (Å²) in [5.41, 5.74) is 3.50. The molecular weight excluding hydrogens is 1930 g/mol. The van der Waals surface area contributed by atoms with Crippen LogP contribution in [0.15, 0.2) is 321 Å². The van der Waals surface area contributed by atoms with Crippen molar-refractivity contribution >= 4 is 118 Å². The number of hydrogen-bond donors (Lipinski definition) is 2. The molecule has 0 aliphatic carbocycles. The Hall–Kier alpha value is -15.7. The highest BCUT2D eigenvalue weighted by Gasteiger charge is 2.26. The van der Waals surface area contributed by atoms with Gasteiger partial charge in [0.1, 0.15) is 40.1 Å². The minimum absolute atomic E-state index is 0.0612. The number of nitrogens with zero attached hydrogens (tertiary/aromatic N) is 16. The average Bonchev–Trinajstić information content (AvgIpc) is 0.725. The minimum atomic E-state index is -2.28. The van der Waals surface area contributed by atoms with Gasteiger partial charge in [-0.15, -0.1) is 0 Å². The summed E-state index contributed by atoms with van der Waals surface area (Å²) < 4.78 is 132. The maximum Gasteiger partial charge on any atom is 0.274 e. The van der Waals surface area contributed by atoms with Crippen LogP contribution in [0.4, 0.5) is 36.6 Å². The fraction of sp³-hybridized carbons (Fsp3) is 0.112. The van der Waals surface area contributed by atoms with Gasteiger partial charge in [0.05, 0.1) is 104 Å². The molecule has 0 amide bonds. The second kappa shape index (κ2) is 44.6. The van der Waals surface area contributed by atoms with Gasteiger partial charge in [0.2, 0.25) is 35.7 Å². The molecule has 142 heavy (non-hydrogen) atoms. The largest absolute Gasteiger partial charge is 0.390 e. The maximum absolute atomic E-state index is 15.0. The lowest BCUT2D eigenvalue weighted by atomic mass is 10.1. The lowest BCUT2D eigenvalue weighted by molar-refractivity contribution is 0.275. The predicted octanol–water partition coefficient (Wildman–Crippen LogP) is 21.9. The topological polar surface area (TPSA) is 274 Å². The second-order valence-corrected chi connectivity index (χ2v) is 34.4. The molecule has 1 atom stereocenters. The van der Waals surface area contributed by atoms with Gasteiger partial charge in [0, 0.05) is 82.6 Å². The highest BCUT2D eigenvalue weighted by Crippen LogP contribution is 2.35. The monoisotopic (exact) mass is 2010 g/mol. The molecule has 0 aliphatic rings. The summed E-state index contributed by atoms with van der Waals surface area (Å²) in [7, 11) is 3.93. The lowest BCUT2D eigenvalue weighted by Crippen LogP contribution is -2.24. The van der Waals surface area contributed by atoms with Crippen molar-refractivity contribution in [3.05, 3.63) is 461 Å². The number of benzene rings is 10. The number of anilines is 1. The molecule has 10 aromatic carbocycles. The van der Waals surface area contributed by atoms with Crippen LogP contribution >= 0.6 is 58.0 Å². The van der Waals surface area contributed by atoms with Gasteiger partial charge in [-0.25, -0.2) is 47.7 Å². The van der Waals surface area contributed by atoms with E-state index >= 15 is 4.39 Å². The van der Waals surface area contributed by atoms with Crippen molar-refractivity contribution in [3.63, 3.8) is 0 Å². The van der Waals surface area contributed by atoms with Gasteiger partial charge in [-0.05, 0) is 195 Å². The normalized spacial score (nSPS) is 11.8. The third-order valence-electron chi connectivity index (χ3n) is 22.1. The van der Waals surface area contributed by atoms with E-state index in [2.05, 4.69) is 55.7 Å². The lowest BCUT2D eigenvalue weighted by Gasteiger charge is -2.13. The van der Waals surface area contributed by atoms with Gasteiger partial charge < -0.3 is 15.3 Å². The maximum atomic E-state index is 15.0. The highest BCUT2D eigenvalue weighted by atomic mass is 35.5. The zero-order valence-corrected chi connectivity index (χ0v) is 79.1. The quantitative estimate of drug-likeness (QED) is 0.0530. The van der Waals surface area contributed by atoms with Crippen LogP contribution in [0.1, 0.15) is 49.0 Å². The Morgan fingerprint density at radius 3 is 0.986 bits per heavy atom. The van der Waals surface area contributed by atoms with E-state index in [1.807, 2.05) is 43.3 Å². The van der Waals surface area contributed by atoms with Crippen LogP contribution < -0.4 is 33.1 Å². The van der Waals surface area contributed by atoms with Gasteiger partial charge in [-0.1, -0.05) is 210 Å². The molecule has 20 rings (SSSR count). The van der Waals surface area contributed by atoms with Crippen LogP contribution in [-0.4, -0.2) is 111 Å². The van der Waals surface area contributed by atoms with Gasteiger partial charge in [-0.2, -0.15) is 56.8 Å². The molecule has 0 fully saturated rings. The predicted molar refractivity (Wildman–Crippen MR) is 541 cm³/mol. The first-order valence-corrected chi connectivity index (χ1v) is 45.4. The minimum Gasteiger partial charge on any atom is -0.390 e. The summed E-state index contributed by atoms with van der Waals surface area (Å²) in [6.07, 6.45) is 0. The van der Waals surface area contributed by atoms with E-state index in [1.54, 1.807) is 226 Å². The van der Waals surface area contributed by atoms with Gasteiger partial charge in [-0.3, -0.25) is 24.0 Å². The molecule has 0 saturated carbocycles. The molecular formula is C107H79Cl5F7N17O6. The van der Waals surface area contributed by atoms with Crippen LogP contribution in [0.25, 0.3) is 110 Å². The van der Waals surface area contributed by atoms with E-state index in [-0.39, 0.29) is 104 Å². The number of nitrogens with one attached hydrogen (secondary N) is 1. The summed E-state index contributed by atoms with van der Waals surface area (Å²) in [6.45, 7) is 1.58. The molecule has 20 aromatic rings. The van der Waals surface area contributed by atoms with Crippen LogP contribution in [0, 0.1) is 55.4 Å². The number of aliphatic hydroxyl groups is 1. The van der Waals surface area contributed by atoms with Gasteiger partial charge in [0.15, 0.2) is 0 Å². The number of aliphatic hydroxyl groups excluding tert-OH is 1. The molecule has 10 aromatic heterocycles. The Morgan fingerprint density at radius 1 is 0.331 bits per heavy atom. The van der Waals surface area contributed by atoms with Crippen molar-refractivity contribution in [2.45, 2.75) is 53.1 Å². The molecule has 10 heterocycles. The van der Waals surface area contributed by atoms with E-state index in [4.69, 9.17) is 67.2 Å². The molecule has 0 radical (unpaired) electrons. The molecule has 35 heteroatoms. The van der Waals surface area contributed by atoms with Crippen LogP contribution in [0.5, 0.6) is 0 Å². The van der Waals surface area contributed by atoms with Crippen molar-refractivity contribution in [3.8, 4) is 56.3 Å². The summed E-state index contributed by atoms with van der Waals surface area (Å²) >= 11 is 29.6. The third kappa shape index (κ3) is 23.2. The molecule has 0 spiro atoms. The Bertz CT molecular complexity index is 8610. The molecule has 23 nitrogen and oxygen atoms in total. The van der Waals surface area contributed by atoms with E-state index in [0.29, 0.717) is 110 Å². The number of pyridine rings is 5. The number of aromatic nitrogens is 15. The second-order valence-electron chi connectivity index (χ2n) is 32.2. The number of aryl methyl sites for hydroxylation is 2. The Labute approximate surface area is 833 Å². The standard InChI is InChI=1S/C24H23ClFN5O.C21H15ClFN3O2.2C21H15ClFN3O.C20H11ClF3N3O/c1-30(2)14-13-27-21-12-11-20(23(26)28-21)22-18-5-3-4-6-19(18)24(32)31(29-22)15-16-7-9-17(25)10-8-16;22-14-7-5-13(6-8-14)11-26-21(28)17-4-2-1-3-16(17)19(25-26)18-10-9-15(12-27)24-20(18)23;2*1-13-6-11-18(20(23)24-13)19-16-4-2-3-5-17(16)21(27)26(25-19)12-14-7-9-15(22)10-8-14;21-12-7-5-11(6-8-12)10-27-20(28)14-4-2-1-3-13(14)18(26-27)17-15(22)9-16(23)25-19(17)24/h3-12H,13-15H2,1-2H3,(H,27,28);1-10,27H,11-12H2;2*2-11H,12H2,1H3;1-9H,10H2/i;;12D2;12D;. The highest BCUT2D eigenvalue weighted by molar-refractivity contribution is 6.31. The first-order chi connectivity index (χ1) is 69.7. The number of fused-ring (bicyclic) bond motifs is 5. The van der Waals surface area contributed by atoms with Crippen LogP contribution in [0.3, 0.4) is 0 Å². The number of halogens is 12. The van der Waals surface area contributed by atoms with Crippen molar-refractivity contribution in [2.24, 2.45) is 0 Å². The molecule has 1 unspecified atom stereocenters. The first kappa shape index (κ1) is 95.3. The summed E-state index contributed by atoms with van der Waals surface area (Å²) in [4.78, 5) is 85.4. The average molecular weight is 2010 g/mol. The number of hydrogen-bond acceptors (Lipinski definition) is 18. The smallest absolute Gasteiger partial charge is 0.274 e. The van der Waals surface area contributed by atoms with Crippen LogP contribution in [0.2, 0.25) is 25.1 Å². The molecule has 0 saturated heterocycles. The first-order valence-electron chi connectivity index (χ1n) is 45.1. The summed E-state index contributed by atoms with van der Waals surface area (Å²) in [5, 5.41) is 40.7. The zero-order chi connectivity index (χ0) is 103. The molecule has 0 bridgehead atoms. The van der Waals surface area contributed by atoms with Crippen molar-refractivity contribution in [2.75, 3.05) is 32.5 Å². The molecule has 2 N–H and O–H groups in total. The summed E-state index contributed by atoms with van der Waals surface area (Å²) in [5.74, 6) is -6.12. The Balaban J connectivity index is 0.000000130. The summed E-state index contributed by atoms with van der Waals surface area (Å²) in [6, 6.07) is 80.8. The van der Waals surface area contributed by atoms with Gasteiger partial charge in [0.25, 0.3) is 27.8 Å². The Kier molecular flexibility index (Phi) is 29.9. The Morgan fingerprint density at radius 2 is 0.634 bits per heavy atom. The molecule has 0 aliphatic heterocycles. The van der Waals surface area contributed by atoms with Crippen molar-refractivity contribution in [1.82, 2.24) is 78.7 Å². The fourth-order valence-electron chi connectivity index (χ4n) is 15.1. The molecule has 712 valence electrons. The number of rotatable bonds is 20. The van der Waals surface area contributed by atoms with Crippen molar-refractivity contribution < 1.29 is 40.0 Å². The van der Waals surface area contributed by atoms with Gasteiger partial charge >= 0.3 is 0 Å². The SMILES string of the molecule is CN(C)CCNc1ccc(-c2nn(Cc3ccc(Cl)cc3)c(=O)c3ccccc23)c(F)n1.O=c1c2ccccc2c(-c2c(F)cc(F)nc2F)nn1Cc1ccc(Cl)cc1.O=c1c2ccccc2c(-c2ccc(CO)nc2F)nn1Cc1ccc(Cl)cc1.[2H]C([2H])(c1ccc(Cl)cc1)n1nc(-c2ccc(C)nc2F)c2ccccc2c1=O.[2H]C(c1ccc(Cl)cc1)n1nc(-c2ccc(C)nc2F)c2ccccc2c1=O. The van der Waals surface area contributed by atoms with E-state index in [1.165, 1.54) is 64.0 Å². The van der Waals surface area contributed by atoms with Crippen LogP contribution in [-0.2, 0) is 39.3 Å². The van der Waals surface area contributed by atoms with Crippen molar-refractivity contribution in [1.29, 1.82) is 0 Å². The third-order valence-corrected chi connectivity index (χ3v) is 23.4. The van der Waals surface area contributed by atoms with E-state index < -0.39 is 76.8 Å². The van der Waals surface area contributed by atoms with E-state index in [9.17, 15) is 50.3 Å². The number of likely N-dealkylation sites (N-methyl/N-ethyl adjacent to an activating group) is 1. The van der Waals surface area contributed by atoms with E-state index in [0.717, 1.165) is 37.3 Å². The fourth-order valence-corrected chi connectivity index (χ4v) is 15.7. The zero-order valence-electron chi connectivity index (χ0n) is 78.3.